The standard InChI is InChI=1S/C22H18ClN3O5S/c1-31-21(29)13-5-7-15(8-6-13)24-18(27)12-25-17-9-10-32-19(17)20(28)26(22(25)30)16-4-2-3-14(23)11-16/h2-11,17,19H,12H2,1H3,(H,24,27). The van der Waals surface area contributed by atoms with Crippen molar-refractivity contribution in [2.45, 2.75) is 11.3 Å². The smallest absolute Gasteiger partial charge is 0.337 e. The monoisotopic (exact) mass is 471 g/mol. The van der Waals surface area contributed by atoms with Gasteiger partial charge in [0.15, 0.2) is 0 Å². The number of hydrogen-bond acceptors (Lipinski definition) is 6. The van der Waals surface area contributed by atoms with Crippen molar-refractivity contribution in [3.63, 3.8) is 0 Å². The fourth-order valence-electron chi connectivity index (χ4n) is 3.53. The molecule has 2 aromatic rings. The van der Waals surface area contributed by atoms with E-state index in [1.807, 2.05) is 0 Å². The number of hydrogen-bond donors (Lipinski definition) is 1. The van der Waals surface area contributed by atoms with Gasteiger partial charge in [-0.05, 0) is 47.9 Å². The molecular weight excluding hydrogens is 454 g/mol. The van der Waals surface area contributed by atoms with Crippen LogP contribution in [0.5, 0.6) is 0 Å². The summed E-state index contributed by atoms with van der Waals surface area (Å²) < 4.78 is 4.65. The van der Waals surface area contributed by atoms with E-state index in [9.17, 15) is 19.2 Å². The molecule has 0 aromatic heterocycles. The van der Waals surface area contributed by atoms with Gasteiger partial charge in [-0.3, -0.25) is 9.59 Å². The van der Waals surface area contributed by atoms with Crippen LogP contribution in [-0.2, 0) is 14.3 Å². The van der Waals surface area contributed by atoms with Crippen molar-refractivity contribution >= 4 is 58.6 Å². The van der Waals surface area contributed by atoms with Gasteiger partial charge in [-0.25, -0.2) is 14.5 Å². The third-order valence-corrected chi connectivity index (χ3v) is 6.36. The van der Waals surface area contributed by atoms with Gasteiger partial charge in [0.2, 0.25) is 5.91 Å². The molecule has 164 valence electrons. The minimum atomic E-state index is -0.596. The first-order chi connectivity index (χ1) is 15.4. The number of carbonyl (C=O) groups is 4. The van der Waals surface area contributed by atoms with E-state index >= 15 is 0 Å². The Morgan fingerprint density at radius 2 is 1.91 bits per heavy atom. The topological polar surface area (TPSA) is 96.0 Å². The third-order valence-electron chi connectivity index (χ3n) is 5.04. The molecule has 2 aliphatic heterocycles. The van der Waals surface area contributed by atoms with Crippen molar-refractivity contribution in [2.24, 2.45) is 0 Å². The number of nitrogens with zero attached hydrogens (tertiary/aromatic N) is 2. The number of amides is 4. The van der Waals surface area contributed by atoms with Crippen LogP contribution >= 0.6 is 23.4 Å². The number of thioether (sulfide) groups is 1. The van der Waals surface area contributed by atoms with Crippen molar-refractivity contribution in [1.29, 1.82) is 0 Å². The first kappa shape index (κ1) is 21.9. The largest absolute Gasteiger partial charge is 0.465 e. The summed E-state index contributed by atoms with van der Waals surface area (Å²) in [6, 6.07) is 11.5. The van der Waals surface area contributed by atoms with Crippen molar-refractivity contribution in [1.82, 2.24) is 4.90 Å². The van der Waals surface area contributed by atoms with E-state index in [0.717, 1.165) is 4.90 Å². The molecule has 32 heavy (non-hydrogen) atoms. The van der Waals surface area contributed by atoms with E-state index in [4.69, 9.17) is 11.6 Å². The van der Waals surface area contributed by atoms with Crippen LogP contribution in [0.1, 0.15) is 10.4 Å². The molecule has 1 fully saturated rings. The van der Waals surface area contributed by atoms with Crippen LogP contribution in [0.15, 0.2) is 60.0 Å². The third kappa shape index (κ3) is 4.21. The van der Waals surface area contributed by atoms with Gasteiger partial charge in [0.05, 0.1) is 24.4 Å². The quantitative estimate of drug-likeness (QED) is 0.670. The van der Waals surface area contributed by atoms with E-state index in [1.165, 1.54) is 42.0 Å². The molecular formula is C22H18ClN3O5S. The van der Waals surface area contributed by atoms with Gasteiger partial charge in [-0.15, -0.1) is 11.8 Å². The molecule has 1 saturated heterocycles. The van der Waals surface area contributed by atoms with Crippen molar-refractivity contribution < 1.29 is 23.9 Å². The fourth-order valence-corrected chi connectivity index (χ4v) is 4.76. The number of esters is 1. The Bertz CT molecular complexity index is 1120. The molecule has 2 atom stereocenters. The van der Waals surface area contributed by atoms with Crippen molar-refractivity contribution in [2.75, 3.05) is 23.9 Å². The van der Waals surface area contributed by atoms with Gasteiger partial charge in [-0.1, -0.05) is 23.7 Å². The first-order valence-electron chi connectivity index (χ1n) is 9.59. The molecule has 10 heteroatoms. The number of methoxy groups -OCH3 is 1. The molecule has 4 rings (SSSR count). The van der Waals surface area contributed by atoms with Crippen LogP contribution in [0.4, 0.5) is 16.2 Å². The van der Waals surface area contributed by atoms with E-state index in [0.29, 0.717) is 22.0 Å². The van der Waals surface area contributed by atoms with Gasteiger partial charge >= 0.3 is 12.0 Å². The number of benzene rings is 2. The highest BCUT2D eigenvalue weighted by atomic mass is 35.5. The number of carbonyl (C=O) groups excluding carboxylic acids is 4. The van der Waals surface area contributed by atoms with Crippen LogP contribution in [0.3, 0.4) is 0 Å². The second-order valence-electron chi connectivity index (χ2n) is 7.06. The number of anilines is 2. The highest BCUT2D eigenvalue weighted by Crippen LogP contribution is 2.36. The normalized spacial score (nSPS) is 19.7. The maximum Gasteiger partial charge on any atom is 0.337 e. The van der Waals surface area contributed by atoms with Gasteiger partial charge < -0.3 is 15.0 Å². The summed E-state index contributed by atoms with van der Waals surface area (Å²) in [5.74, 6) is -1.27. The van der Waals surface area contributed by atoms with Crippen LogP contribution in [0.25, 0.3) is 0 Å². The summed E-state index contributed by atoms with van der Waals surface area (Å²) >= 11 is 7.35. The number of nitrogens with one attached hydrogen (secondary N) is 1. The molecule has 2 aliphatic rings. The van der Waals surface area contributed by atoms with E-state index in [-0.39, 0.29) is 12.5 Å². The average Bonchev–Trinajstić information content (AvgIpc) is 3.27. The lowest BCUT2D eigenvalue weighted by Gasteiger charge is -2.40. The summed E-state index contributed by atoms with van der Waals surface area (Å²) in [5, 5.41) is 4.32. The molecule has 8 nitrogen and oxygen atoms in total. The van der Waals surface area contributed by atoms with Gasteiger partial charge in [0.1, 0.15) is 11.8 Å². The lowest BCUT2D eigenvalue weighted by atomic mass is 10.1. The lowest BCUT2D eigenvalue weighted by Crippen LogP contribution is -2.63. The number of fused-ring (bicyclic) bond motifs is 1. The summed E-state index contributed by atoms with van der Waals surface area (Å²) in [5.41, 5.74) is 1.16. The Morgan fingerprint density at radius 3 is 2.59 bits per heavy atom. The first-order valence-corrected chi connectivity index (χ1v) is 10.9. The van der Waals surface area contributed by atoms with Gasteiger partial charge in [0.25, 0.3) is 5.91 Å². The Hall–Kier alpha value is -3.30. The molecule has 0 aliphatic carbocycles. The fraction of sp³-hybridized carbons (Fsp3) is 0.182. The molecule has 2 unspecified atom stereocenters. The average molecular weight is 472 g/mol. The van der Waals surface area contributed by atoms with E-state index in [2.05, 4.69) is 10.1 Å². The number of halogens is 1. The zero-order chi connectivity index (χ0) is 22.8. The Morgan fingerprint density at radius 1 is 1.16 bits per heavy atom. The zero-order valence-corrected chi connectivity index (χ0v) is 18.4. The number of imide groups is 1. The van der Waals surface area contributed by atoms with Gasteiger partial charge in [-0.2, -0.15) is 0 Å². The van der Waals surface area contributed by atoms with Crippen LogP contribution in [-0.4, -0.2) is 53.7 Å². The Labute approximate surface area is 193 Å². The van der Waals surface area contributed by atoms with Crippen LogP contribution < -0.4 is 10.2 Å². The molecule has 0 saturated carbocycles. The van der Waals surface area contributed by atoms with E-state index in [1.54, 1.807) is 41.8 Å². The summed E-state index contributed by atoms with van der Waals surface area (Å²) in [6.45, 7) is -0.256. The highest BCUT2D eigenvalue weighted by Gasteiger charge is 2.48. The summed E-state index contributed by atoms with van der Waals surface area (Å²) in [4.78, 5) is 52.9. The molecule has 0 spiro atoms. The molecule has 2 heterocycles. The van der Waals surface area contributed by atoms with E-state index < -0.39 is 29.2 Å². The SMILES string of the molecule is COC(=O)c1ccc(NC(=O)CN2C(=O)N(c3cccc(Cl)c3)C(=O)C3SC=CC32)cc1. The lowest BCUT2D eigenvalue weighted by molar-refractivity contribution is -0.121. The second kappa shape index (κ2) is 9.05. The summed E-state index contributed by atoms with van der Waals surface area (Å²) in [7, 11) is 1.29. The van der Waals surface area contributed by atoms with Crippen LogP contribution in [0.2, 0.25) is 5.02 Å². The predicted octanol–water partition coefficient (Wildman–Crippen LogP) is 3.53. The summed E-state index contributed by atoms with van der Waals surface area (Å²) in [6.07, 6.45) is 1.75. The molecule has 0 radical (unpaired) electrons. The minimum Gasteiger partial charge on any atom is -0.465 e. The van der Waals surface area contributed by atoms with Crippen molar-refractivity contribution in [3.8, 4) is 0 Å². The Balaban J connectivity index is 1.53. The number of rotatable bonds is 5. The highest BCUT2D eigenvalue weighted by molar-refractivity contribution is 8.03. The predicted molar refractivity (Wildman–Crippen MR) is 122 cm³/mol. The zero-order valence-electron chi connectivity index (χ0n) is 16.9. The molecule has 0 bridgehead atoms. The molecule has 4 amide bonds. The minimum absolute atomic E-state index is 0.256. The maximum atomic E-state index is 13.2. The number of urea groups is 1. The Kier molecular flexibility index (Phi) is 6.20. The van der Waals surface area contributed by atoms with Crippen molar-refractivity contribution in [3.05, 3.63) is 70.6 Å². The second-order valence-corrected chi connectivity index (χ2v) is 8.55. The van der Waals surface area contributed by atoms with Gasteiger partial charge in [0, 0.05) is 10.7 Å². The molecule has 2 aromatic carbocycles. The molecule has 1 N–H and O–H groups in total. The number of ether oxygens (including phenoxy) is 1. The maximum absolute atomic E-state index is 13.2. The van der Waals surface area contributed by atoms with Crippen LogP contribution in [0, 0.1) is 0 Å².